The van der Waals surface area contributed by atoms with Crippen LogP contribution < -0.4 is 10.1 Å². The van der Waals surface area contributed by atoms with Crippen LogP contribution in [-0.2, 0) is 16.0 Å². The fourth-order valence-corrected chi connectivity index (χ4v) is 2.32. The molecule has 0 saturated carbocycles. The number of hydrogen-bond donors (Lipinski definition) is 2. The molecule has 1 amide bonds. The summed E-state index contributed by atoms with van der Waals surface area (Å²) >= 11 is 0. The van der Waals surface area contributed by atoms with E-state index in [0.717, 1.165) is 5.56 Å². The molecule has 0 spiro atoms. The van der Waals surface area contributed by atoms with E-state index in [-0.39, 0.29) is 18.3 Å². The Kier molecular flexibility index (Phi) is 6.49. The lowest BCUT2D eigenvalue weighted by atomic mass is 10.0. The van der Waals surface area contributed by atoms with Crippen molar-refractivity contribution in [3.8, 4) is 5.75 Å². The van der Waals surface area contributed by atoms with Gasteiger partial charge in [-0.25, -0.2) is 0 Å². The molecule has 26 heavy (non-hydrogen) atoms. The molecule has 0 heterocycles. The van der Waals surface area contributed by atoms with Crippen LogP contribution in [0, 0.1) is 5.92 Å². The molecule has 2 aromatic carbocycles. The maximum absolute atomic E-state index is 12.0. The molecule has 0 saturated heterocycles. The molecule has 0 aliphatic carbocycles. The second-order valence-corrected chi connectivity index (χ2v) is 6.06. The number of anilines is 1. The largest absolute Gasteiger partial charge is 0.484 e. The number of carboxylic acid groups (broad SMARTS) is 1. The van der Waals surface area contributed by atoms with Crippen LogP contribution in [0.1, 0.15) is 29.8 Å². The first-order chi connectivity index (χ1) is 12.3. The van der Waals surface area contributed by atoms with Crippen molar-refractivity contribution in [3.05, 3.63) is 59.7 Å². The van der Waals surface area contributed by atoms with Crippen LogP contribution in [0.15, 0.2) is 48.5 Å². The minimum absolute atomic E-state index is 0.0720. The molecular weight excluding hydrogens is 334 g/mol. The first kappa shape index (κ1) is 19.2. The summed E-state index contributed by atoms with van der Waals surface area (Å²) in [6, 6.07) is 13.7. The van der Waals surface area contributed by atoms with Gasteiger partial charge in [-0.15, -0.1) is 0 Å². The Labute approximate surface area is 151 Å². The number of rotatable bonds is 8. The van der Waals surface area contributed by atoms with Crippen LogP contribution in [0.3, 0.4) is 0 Å². The standard InChI is InChI=1S/C20H21NO5/c1-13(20(24)25)10-15-6-8-17(9-7-15)21-19(23)12-26-18-5-3-4-16(11-18)14(2)22/h3-9,11,13H,10,12H2,1-2H3,(H,21,23)(H,24,25). The molecule has 2 aromatic rings. The quantitative estimate of drug-likeness (QED) is 0.710. The van der Waals surface area contributed by atoms with Gasteiger partial charge in [-0.3, -0.25) is 14.4 Å². The third-order valence-corrected chi connectivity index (χ3v) is 3.81. The third-order valence-electron chi connectivity index (χ3n) is 3.81. The van der Waals surface area contributed by atoms with Gasteiger partial charge in [0.2, 0.25) is 0 Å². The number of ketones is 1. The molecule has 0 radical (unpaired) electrons. The SMILES string of the molecule is CC(=O)c1cccc(OCC(=O)Nc2ccc(CC(C)C(=O)O)cc2)c1. The highest BCUT2D eigenvalue weighted by atomic mass is 16.5. The topological polar surface area (TPSA) is 92.7 Å². The van der Waals surface area contributed by atoms with E-state index in [1.165, 1.54) is 6.92 Å². The first-order valence-electron chi connectivity index (χ1n) is 8.20. The molecular formula is C20H21NO5. The Morgan fingerprint density at radius 2 is 1.81 bits per heavy atom. The summed E-state index contributed by atoms with van der Waals surface area (Å²) in [7, 11) is 0. The van der Waals surface area contributed by atoms with Crippen molar-refractivity contribution in [3.63, 3.8) is 0 Å². The summed E-state index contributed by atoms with van der Waals surface area (Å²) in [4.78, 5) is 34.2. The van der Waals surface area contributed by atoms with E-state index in [9.17, 15) is 14.4 Å². The van der Waals surface area contributed by atoms with E-state index >= 15 is 0 Å². The van der Waals surface area contributed by atoms with Crippen molar-refractivity contribution in [2.24, 2.45) is 5.92 Å². The number of carboxylic acids is 1. The fourth-order valence-electron chi connectivity index (χ4n) is 2.32. The molecule has 1 unspecified atom stereocenters. The molecule has 0 aromatic heterocycles. The van der Waals surface area contributed by atoms with Crippen LogP contribution in [0.4, 0.5) is 5.69 Å². The van der Waals surface area contributed by atoms with E-state index in [1.54, 1.807) is 55.5 Å². The van der Waals surface area contributed by atoms with Gasteiger partial charge >= 0.3 is 5.97 Å². The molecule has 1 atom stereocenters. The van der Waals surface area contributed by atoms with Gasteiger partial charge in [-0.1, -0.05) is 31.2 Å². The van der Waals surface area contributed by atoms with Gasteiger partial charge in [0, 0.05) is 11.3 Å². The summed E-state index contributed by atoms with van der Waals surface area (Å²) < 4.78 is 5.40. The molecule has 2 N–H and O–H groups in total. The zero-order chi connectivity index (χ0) is 19.1. The van der Waals surface area contributed by atoms with Crippen molar-refractivity contribution in [2.45, 2.75) is 20.3 Å². The Hall–Kier alpha value is -3.15. The van der Waals surface area contributed by atoms with Gasteiger partial charge in [0.1, 0.15) is 5.75 Å². The van der Waals surface area contributed by atoms with Gasteiger partial charge in [0.25, 0.3) is 5.91 Å². The third kappa shape index (κ3) is 5.73. The Balaban J connectivity index is 1.87. The van der Waals surface area contributed by atoms with Gasteiger partial charge < -0.3 is 15.2 Å². The second kappa shape index (κ2) is 8.80. The Bertz CT molecular complexity index is 798. The molecule has 0 bridgehead atoms. The highest BCUT2D eigenvalue weighted by Crippen LogP contribution is 2.15. The molecule has 2 rings (SSSR count). The number of carbonyl (C=O) groups is 3. The summed E-state index contributed by atoms with van der Waals surface area (Å²) in [5.41, 5.74) is 2.01. The predicted molar refractivity (Wildman–Crippen MR) is 97.5 cm³/mol. The van der Waals surface area contributed by atoms with Crippen LogP contribution >= 0.6 is 0 Å². The fraction of sp³-hybridized carbons (Fsp3) is 0.250. The minimum atomic E-state index is -0.839. The predicted octanol–water partition coefficient (Wildman–Crippen LogP) is 3.17. The van der Waals surface area contributed by atoms with E-state index in [4.69, 9.17) is 9.84 Å². The maximum Gasteiger partial charge on any atom is 0.306 e. The van der Waals surface area contributed by atoms with E-state index in [0.29, 0.717) is 23.4 Å². The highest BCUT2D eigenvalue weighted by molar-refractivity contribution is 5.94. The monoisotopic (exact) mass is 355 g/mol. The van der Waals surface area contributed by atoms with Crippen molar-refractivity contribution in [2.75, 3.05) is 11.9 Å². The van der Waals surface area contributed by atoms with Gasteiger partial charge in [-0.2, -0.15) is 0 Å². The van der Waals surface area contributed by atoms with E-state index in [1.807, 2.05) is 0 Å². The summed E-state index contributed by atoms with van der Waals surface area (Å²) in [5, 5.41) is 11.6. The van der Waals surface area contributed by atoms with Gasteiger partial charge in [-0.05, 0) is 43.2 Å². The lowest BCUT2D eigenvalue weighted by Crippen LogP contribution is -2.20. The number of hydrogen-bond acceptors (Lipinski definition) is 4. The van der Waals surface area contributed by atoms with Gasteiger partial charge in [0.05, 0.1) is 5.92 Å². The molecule has 6 nitrogen and oxygen atoms in total. The lowest BCUT2D eigenvalue weighted by molar-refractivity contribution is -0.141. The Morgan fingerprint density at radius 3 is 2.42 bits per heavy atom. The number of aliphatic carboxylic acids is 1. The molecule has 136 valence electrons. The Morgan fingerprint density at radius 1 is 1.12 bits per heavy atom. The average Bonchev–Trinajstić information content (AvgIpc) is 2.61. The number of benzene rings is 2. The summed E-state index contributed by atoms with van der Waals surface area (Å²) in [6.07, 6.45) is 0.430. The smallest absolute Gasteiger partial charge is 0.306 e. The lowest BCUT2D eigenvalue weighted by Gasteiger charge is -2.10. The normalized spacial score (nSPS) is 11.5. The van der Waals surface area contributed by atoms with Crippen LogP contribution in [0.2, 0.25) is 0 Å². The molecule has 0 aliphatic rings. The van der Waals surface area contributed by atoms with Crippen molar-refractivity contribution in [1.29, 1.82) is 0 Å². The van der Waals surface area contributed by atoms with E-state index < -0.39 is 11.9 Å². The summed E-state index contributed by atoms with van der Waals surface area (Å²) in [5.74, 6) is -1.25. The van der Waals surface area contributed by atoms with Crippen LogP contribution in [0.5, 0.6) is 5.75 Å². The average molecular weight is 355 g/mol. The summed E-state index contributed by atoms with van der Waals surface area (Å²) in [6.45, 7) is 2.93. The maximum atomic E-state index is 12.0. The number of amides is 1. The first-order valence-corrected chi connectivity index (χ1v) is 8.20. The molecule has 0 fully saturated rings. The van der Waals surface area contributed by atoms with E-state index in [2.05, 4.69) is 5.32 Å². The minimum Gasteiger partial charge on any atom is -0.484 e. The van der Waals surface area contributed by atoms with Gasteiger partial charge in [0.15, 0.2) is 12.4 Å². The second-order valence-electron chi connectivity index (χ2n) is 6.06. The highest BCUT2D eigenvalue weighted by Gasteiger charge is 2.11. The zero-order valence-corrected chi connectivity index (χ0v) is 14.7. The van der Waals surface area contributed by atoms with Crippen LogP contribution in [-0.4, -0.2) is 29.4 Å². The number of carbonyl (C=O) groups excluding carboxylic acids is 2. The van der Waals surface area contributed by atoms with Crippen molar-refractivity contribution in [1.82, 2.24) is 0 Å². The number of nitrogens with one attached hydrogen (secondary N) is 1. The number of Topliss-reactive ketones (excluding diaryl/α,β-unsaturated/α-hetero) is 1. The van der Waals surface area contributed by atoms with Crippen molar-refractivity contribution < 1.29 is 24.2 Å². The molecule has 0 aliphatic heterocycles. The van der Waals surface area contributed by atoms with Crippen LogP contribution in [0.25, 0.3) is 0 Å². The van der Waals surface area contributed by atoms with Crippen molar-refractivity contribution >= 4 is 23.3 Å². The number of ether oxygens (including phenoxy) is 1. The molecule has 6 heteroatoms. The zero-order valence-electron chi connectivity index (χ0n) is 14.7.